The first kappa shape index (κ1) is 7.40. The van der Waals surface area contributed by atoms with Crippen molar-refractivity contribution in [2.24, 2.45) is 0 Å². The van der Waals surface area contributed by atoms with E-state index >= 15 is 0 Å². The second-order valence-electron chi connectivity index (χ2n) is 3.17. The molecule has 1 heterocycles. The molecule has 0 amide bonds. The number of hydrogen-bond donors (Lipinski definition) is 0. The van der Waals surface area contributed by atoms with Gasteiger partial charge in [0.25, 0.3) is 0 Å². The minimum absolute atomic E-state index is 0.394. The summed E-state index contributed by atoms with van der Waals surface area (Å²) in [6.07, 6.45) is 6.47. The number of nitrogens with zero attached hydrogens (tertiary/aromatic N) is 1. The quantitative estimate of drug-likeness (QED) is 0.565. The molecule has 0 N–H and O–H groups in total. The third kappa shape index (κ3) is 1.36. The van der Waals surface area contributed by atoms with E-state index in [2.05, 4.69) is 6.07 Å². The van der Waals surface area contributed by atoms with Crippen LogP contribution in [0.15, 0.2) is 10.0 Å². The monoisotopic (exact) mass is 213 g/mol. The normalized spacial score (nSPS) is 29.9. The molecular weight excluding hydrogens is 201 g/mol. The van der Waals surface area contributed by atoms with Crippen molar-refractivity contribution in [2.45, 2.75) is 36.9 Å². The Labute approximate surface area is 73.6 Å². The van der Waals surface area contributed by atoms with Crippen molar-refractivity contribution in [3.8, 4) is 6.07 Å². The van der Waals surface area contributed by atoms with E-state index in [9.17, 15) is 0 Å². The summed E-state index contributed by atoms with van der Waals surface area (Å²) < 4.78 is 1.69. The van der Waals surface area contributed by atoms with E-state index in [0.717, 1.165) is 6.42 Å². The molecule has 0 aromatic rings. The molecule has 0 spiro atoms. The van der Waals surface area contributed by atoms with Crippen LogP contribution >= 0.6 is 0 Å². The Morgan fingerprint density at radius 3 is 2.91 bits per heavy atom. The standard InChI is InChI=1S/C9H11NSe/c10-6-8-5-7-3-1-2-4-9(7)11-8/h8H,1-5H2. The Morgan fingerprint density at radius 2 is 2.18 bits per heavy atom. The summed E-state index contributed by atoms with van der Waals surface area (Å²) >= 11 is 0.546. The van der Waals surface area contributed by atoms with Crippen molar-refractivity contribution >= 4 is 15.0 Å². The molecule has 0 radical (unpaired) electrons. The van der Waals surface area contributed by atoms with E-state index < -0.39 is 0 Å². The molecule has 58 valence electrons. The molecule has 0 saturated carbocycles. The van der Waals surface area contributed by atoms with Gasteiger partial charge in [-0.1, -0.05) is 0 Å². The Hall–Kier alpha value is -0.251. The number of nitriles is 1. The first-order valence-corrected chi connectivity index (χ1v) is 6.02. The number of rotatable bonds is 0. The Morgan fingerprint density at radius 1 is 1.36 bits per heavy atom. The molecule has 2 heteroatoms. The third-order valence-corrected chi connectivity index (χ3v) is 5.19. The van der Waals surface area contributed by atoms with Gasteiger partial charge in [-0.2, -0.15) is 0 Å². The van der Waals surface area contributed by atoms with Crippen LogP contribution in [0.5, 0.6) is 0 Å². The first-order chi connectivity index (χ1) is 5.40. The maximum absolute atomic E-state index is 8.75. The SMILES string of the molecule is N#CC1CC2=C(CCCC2)[Se]1. The zero-order valence-electron chi connectivity index (χ0n) is 6.47. The summed E-state index contributed by atoms with van der Waals surface area (Å²) in [5.41, 5.74) is 1.66. The van der Waals surface area contributed by atoms with Gasteiger partial charge in [-0.25, -0.2) is 0 Å². The second-order valence-corrected chi connectivity index (χ2v) is 5.90. The maximum atomic E-state index is 8.75. The van der Waals surface area contributed by atoms with E-state index in [1.54, 1.807) is 10.0 Å². The summed E-state index contributed by atoms with van der Waals surface area (Å²) in [5.74, 6) is 0. The Balaban J connectivity index is 2.11. The zero-order valence-corrected chi connectivity index (χ0v) is 8.18. The van der Waals surface area contributed by atoms with E-state index in [1.165, 1.54) is 25.7 Å². The van der Waals surface area contributed by atoms with Gasteiger partial charge in [-0.15, -0.1) is 0 Å². The third-order valence-electron chi connectivity index (χ3n) is 2.39. The average molecular weight is 212 g/mol. The molecule has 0 aromatic heterocycles. The fraction of sp³-hybridized carbons (Fsp3) is 0.667. The fourth-order valence-corrected chi connectivity index (χ4v) is 4.52. The van der Waals surface area contributed by atoms with Gasteiger partial charge in [0, 0.05) is 0 Å². The molecule has 0 bridgehead atoms. The molecule has 1 unspecified atom stereocenters. The van der Waals surface area contributed by atoms with Crippen LogP contribution in [-0.4, -0.2) is 15.0 Å². The molecule has 0 fully saturated rings. The molecule has 1 nitrogen and oxygen atoms in total. The van der Waals surface area contributed by atoms with Crippen LogP contribution in [0.4, 0.5) is 0 Å². The van der Waals surface area contributed by atoms with Gasteiger partial charge in [0.05, 0.1) is 0 Å². The summed E-state index contributed by atoms with van der Waals surface area (Å²) in [7, 11) is 0. The Kier molecular flexibility index (Phi) is 2.02. The summed E-state index contributed by atoms with van der Waals surface area (Å²) in [6, 6.07) is 2.41. The van der Waals surface area contributed by atoms with Gasteiger partial charge in [0.2, 0.25) is 0 Å². The topological polar surface area (TPSA) is 23.8 Å². The Bertz CT molecular complexity index is 218. The van der Waals surface area contributed by atoms with Crippen molar-refractivity contribution in [3.05, 3.63) is 10.0 Å². The predicted octanol–water partition coefficient (Wildman–Crippen LogP) is 2.23. The second kappa shape index (κ2) is 3.01. The van der Waals surface area contributed by atoms with Crippen molar-refractivity contribution in [2.75, 3.05) is 0 Å². The molecule has 1 atom stereocenters. The fourth-order valence-electron chi connectivity index (χ4n) is 1.81. The van der Waals surface area contributed by atoms with Crippen LogP contribution in [0.2, 0.25) is 4.82 Å². The van der Waals surface area contributed by atoms with Gasteiger partial charge in [0.1, 0.15) is 0 Å². The molecule has 0 saturated heterocycles. The number of allylic oxidation sites excluding steroid dienone is 2. The first-order valence-electron chi connectivity index (χ1n) is 4.17. The molecular formula is C9H11NSe. The van der Waals surface area contributed by atoms with Gasteiger partial charge in [-0.3, -0.25) is 0 Å². The average Bonchev–Trinajstić information content (AvgIpc) is 2.46. The van der Waals surface area contributed by atoms with Crippen LogP contribution in [-0.2, 0) is 0 Å². The minimum atomic E-state index is 0.394. The molecule has 1 aliphatic carbocycles. The van der Waals surface area contributed by atoms with Gasteiger partial charge < -0.3 is 0 Å². The van der Waals surface area contributed by atoms with E-state index in [0.29, 0.717) is 19.8 Å². The van der Waals surface area contributed by atoms with Crippen molar-refractivity contribution in [1.29, 1.82) is 5.26 Å². The zero-order chi connectivity index (χ0) is 7.68. The van der Waals surface area contributed by atoms with Crippen molar-refractivity contribution in [1.82, 2.24) is 0 Å². The summed E-state index contributed by atoms with van der Waals surface area (Å²) in [6.45, 7) is 0. The van der Waals surface area contributed by atoms with Gasteiger partial charge in [-0.05, 0) is 0 Å². The van der Waals surface area contributed by atoms with Crippen LogP contribution in [0.3, 0.4) is 0 Å². The van der Waals surface area contributed by atoms with Crippen molar-refractivity contribution < 1.29 is 0 Å². The van der Waals surface area contributed by atoms with E-state index in [-0.39, 0.29) is 0 Å². The molecule has 2 rings (SSSR count). The van der Waals surface area contributed by atoms with Crippen LogP contribution < -0.4 is 0 Å². The summed E-state index contributed by atoms with van der Waals surface area (Å²) in [4.78, 5) is 0.394. The van der Waals surface area contributed by atoms with Gasteiger partial charge in [0.15, 0.2) is 0 Å². The molecule has 1 aliphatic heterocycles. The molecule has 0 aromatic carbocycles. The van der Waals surface area contributed by atoms with Gasteiger partial charge >= 0.3 is 73.3 Å². The van der Waals surface area contributed by atoms with E-state index in [4.69, 9.17) is 5.26 Å². The molecule has 2 aliphatic rings. The van der Waals surface area contributed by atoms with E-state index in [1.807, 2.05) is 0 Å². The molecule has 11 heavy (non-hydrogen) atoms. The van der Waals surface area contributed by atoms with Crippen LogP contribution in [0.1, 0.15) is 32.1 Å². The summed E-state index contributed by atoms with van der Waals surface area (Å²) in [5, 5.41) is 8.75. The predicted molar refractivity (Wildman–Crippen MR) is 45.2 cm³/mol. The van der Waals surface area contributed by atoms with Crippen LogP contribution in [0.25, 0.3) is 0 Å². The van der Waals surface area contributed by atoms with Crippen molar-refractivity contribution in [3.63, 3.8) is 0 Å². The van der Waals surface area contributed by atoms with Crippen LogP contribution in [0, 0.1) is 11.3 Å². The number of hydrogen-bond acceptors (Lipinski definition) is 1.